The molecule has 0 aliphatic carbocycles. The summed E-state index contributed by atoms with van der Waals surface area (Å²) >= 11 is 0. The van der Waals surface area contributed by atoms with Crippen molar-refractivity contribution >= 4 is 12.1 Å². The van der Waals surface area contributed by atoms with Crippen LogP contribution in [0.5, 0.6) is 5.75 Å². The largest absolute Gasteiger partial charge is 0.488 e. The Morgan fingerprint density at radius 3 is 2.72 bits per heavy atom. The molecule has 130 valence electrons. The summed E-state index contributed by atoms with van der Waals surface area (Å²) in [5, 5.41) is 9.05. The van der Waals surface area contributed by atoms with Crippen LogP contribution in [0.2, 0.25) is 0 Å². The lowest BCUT2D eigenvalue weighted by molar-refractivity contribution is 0.0696. The van der Waals surface area contributed by atoms with Gasteiger partial charge >= 0.3 is 12.1 Å². The van der Waals surface area contributed by atoms with Gasteiger partial charge in [-0.15, -0.1) is 0 Å². The Morgan fingerprint density at radius 2 is 2.00 bits per heavy atom. The van der Waals surface area contributed by atoms with Crippen molar-refractivity contribution in [2.45, 2.75) is 13.2 Å². The molecule has 1 heterocycles. The second kappa shape index (κ2) is 7.21. The van der Waals surface area contributed by atoms with E-state index >= 15 is 0 Å². The van der Waals surface area contributed by atoms with Gasteiger partial charge in [0.25, 0.3) is 0 Å². The van der Waals surface area contributed by atoms with Gasteiger partial charge in [0.15, 0.2) is 11.6 Å². The first-order valence-electron chi connectivity index (χ1n) is 7.68. The summed E-state index contributed by atoms with van der Waals surface area (Å²) in [7, 11) is 0. The lowest BCUT2D eigenvalue weighted by Gasteiger charge is -2.19. The van der Waals surface area contributed by atoms with Gasteiger partial charge in [0, 0.05) is 5.56 Å². The van der Waals surface area contributed by atoms with Crippen LogP contribution in [-0.2, 0) is 17.9 Å². The molecular weight excluding hydrogens is 329 g/mol. The molecule has 0 bridgehead atoms. The number of aromatic carboxylic acids is 1. The number of carboxylic acid groups (broad SMARTS) is 1. The number of hydrogen-bond acceptors (Lipinski definition) is 4. The minimum Gasteiger partial charge on any atom is -0.488 e. The fourth-order valence-electron chi connectivity index (χ4n) is 2.56. The van der Waals surface area contributed by atoms with Gasteiger partial charge in [-0.2, -0.15) is 0 Å². The number of hydrogen-bond donors (Lipinski definition) is 1. The third kappa shape index (κ3) is 3.88. The number of nitrogens with zero attached hydrogens (tertiary/aromatic N) is 1. The summed E-state index contributed by atoms with van der Waals surface area (Å²) < 4.78 is 24.7. The number of ether oxygens (including phenoxy) is 2. The van der Waals surface area contributed by atoms with Crippen molar-refractivity contribution < 1.29 is 28.6 Å². The maximum absolute atomic E-state index is 14.0. The van der Waals surface area contributed by atoms with Crippen molar-refractivity contribution in [3.05, 3.63) is 65.0 Å². The molecule has 0 radical (unpaired) electrons. The van der Waals surface area contributed by atoms with E-state index in [9.17, 15) is 14.0 Å². The molecule has 0 fully saturated rings. The highest BCUT2D eigenvalue weighted by Gasteiger charge is 2.24. The monoisotopic (exact) mass is 345 g/mol. The van der Waals surface area contributed by atoms with Crippen molar-refractivity contribution in [3.8, 4) is 5.75 Å². The average Bonchev–Trinajstić information content (AvgIpc) is 2.83. The first-order valence-corrected chi connectivity index (χ1v) is 7.68. The topological polar surface area (TPSA) is 76.1 Å². The molecule has 25 heavy (non-hydrogen) atoms. The van der Waals surface area contributed by atoms with Gasteiger partial charge < -0.3 is 19.5 Å². The summed E-state index contributed by atoms with van der Waals surface area (Å²) in [5.74, 6) is -2.03. The minimum absolute atomic E-state index is 0.0149. The standard InChI is InChI=1S/C18H16FNO5/c19-15-9-13(17(21)22)8-14-10-20(6-7-24-16(14)15)18(23)25-11-12-4-2-1-3-5-12/h1-5,8-9H,6-7,10-11H2,(H,21,22). The zero-order chi connectivity index (χ0) is 17.8. The third-order valence-corrected chi connectivity index (χ3v) is 3.80. The Balaban J connectivity index is 1.74. The molecule has 1 amide bonds. The fourth-order valence-corrected chi connectivity index (χ4v) is 2.56. The quantitative estimate of drug-likeness (QED) is 0.925. The Bertz CT molecular complexity index is 794. The molecule has 2 aromatic carbocycles. The van der Waals surface area contributed by atoms with Crippen LogP contribution < -0.4 is 4.74 Å². The van der Waals surface area contributed by atoms with Crippen molar-refractivity contribution in [1.82, 2.24) is 4.90 Å². The van der Waals surface area contributed by atoms with E-state index in [1.165, 1.54) is 11.0 Å². The second-order valence-electron chi connectivity index (χ2n) is 5.56. The zero-order valence-corrected chi connectivity index (χ0v) is 13.3. The molecule has 0 unspecified atom stereocenters. The van der Waals surface area contributed by atoms with Crippen LogP contribution in [0.4, 0.5) is 9.18 Å². The summed E-state index contributed by atoms with van der Waals surface area (Å²) in [6.45, 7) is 0.440. The number of carboxylic acids is 1. The highest BCUT2D eigenvalue weighted by atomic mass is 19.1. The fraction of sp³-hybridized carbons (Fsp3) is 0.222. The molecule has 0 spiro atoms. The van der Waals surface area contributed by atoms with Crippen LogP contribution in [0, 0.1) is 5.82 Å². The van der Waals surface area contributed by atoms with Crippen molar-refractivity contribution in [2.75, 3.05) is 13.2 Å². The Morgan fingerprint density at radius 1 is 1.24 bits per heavy atom. The molecule has 6 nitrogen and oxygen atoms in total. The highest BCUT2D eigenvalue weighted by molar-refractivity contribution is 5.88. The molecule has 0 aromatic heterocycles. The first kappa shape index (κ1) is 16.8. The smallest absolute Gasteiger partial charge is 0.410 e. The van der Waals surface area contributed by atoms with Gasteiger partial charge in [0.2, 0.25) is 0 Å². The number of amides is 1. The molecule has 1 aliphatic heterocycles. The van der Waals surface area contributed by atoms with E-state index in [1.807, 2.05) is 30.3 Å². The Labute approximate surface area is 143 Å². The van der Waals surface area contributed by atoms with Gasteiger partial charge in [-0.05, 0) is 17.7 Å². The van der Waals surface area contributed by atoms with Crippen molar-refractivity contribution in [3.63, 3.8) is 0 Å². The van der Waals surface area contributed by atoms with Gasteiger partial charge in [-0.25, -0.2) is 14.0 Å². The molecule has 2 aromatic rings. The molecule has 0 saturated carbocycles. The summed E-state index contributed by atoms with van der Waals surface area (Å²) in [4.78, 5) is 24.7. The van der Waals surface area contributed by atoms with Crippen LogP contribution in [0.15, 0.2) is 42.5 Å². The molecule has 0 saturated heterocycles. The Hall–Kier alpha value is -3.09. The molecule has 3 rings (SSSR count). The van der Waals surface area contributed by atoms with E-state index in [1.54, 1.807) is 0 Å². The van der Waals surface area contributed by atoms with Crippen LogP contribution in [0.25, 0.3) is 0 Å². The number of rotatable bonds is 3. The number of carbonyl (C=O) groups excluding carboxylic acids is 1. The zero-order valence-electron chi connectivity index (χ0n) is 13.3. The highest BCUT2D eigenvalue weighted by Crippen LogP contribution is 2.28. The first-order chi connectivity index (χ1) is 12.0. The number of fused-ring (bicyclic) bond motifs is 1. The Kier molecular flexibility index (Phi) is 4.83. The SMILES string of the molecule is O=C(O)c1cc(F)c2c(c1)CN(C(=O)OCc1ccccc1)CCO2. The molecule has 7 heteroatoms. The molecule has 1 aliphatic rings. The molecular formula is C18H16FNO5. The minimum atomic E-state index is -1.25. The third-order valence-electron chi connectivity index (χ3n) is 3.80. The van der Waals surface area contributed by atoms with E-state index in [0.29, 0.717) is 5.56 Å². The molecule has 1 N–H and O–H groups in total. The number of halogens is 1. The lowest BCUT2D eigenvalue weighted by Crippen LogP contribution is -2.32. The predicted octanol–water partition coefficient (Wildman–Crippen LogP) is 3.06. The number of benzene rings is 2. The predicted molar refractivity (Wildman–Crippen MR) is 85.9 cm³/mol. The van der Waals surface area contributed by atoms with E-state index in [2.05, 4.69) is 0 Å². The van der Waals surface area contributed by atoms with Crippen LogP contribution >= 0.6 is 0 Å². The number of carbonyl (C=O) groups is 2. The summed E-state index contributed by atoms with van der Waals surface area (Å²) in [5.41, 5.74) is 0.951. The second-order valence-corrected chi connectivity index (χ2v) is 5.56. The summed E-state index contributed by atoms with van der Waals surface area (Å²) in [6.07, 6.45) is -0.568. The van der Waals surface area contributed by atoms with Gasteiger partial charge in [0.05, 0.1) is 18.7 Å². The van der Waals surface area contributed by atoms with Crippen LogP contribution in [-0.4, -0.2) is 35.2 Å². The summed E-state index contributed by atoms with van der Waals surface area (Å²) in [6, 6.07) is 11.4. The van der Waals surface area contributed by atoms with Crippen LogP contribution in [0.3, 0.4) is 0 Å². The lowest BCUT2D eigenvalue weighted by atomic mass is 10.1. The van der Waals surface area contributed by atoms with Gasteiger partial charge in [-0.1, -0.05) is 30.3 Å². The van der Waals surface area contributed by atoms with Crippen molar-refractivity contribution in [1.29, 1.82) is 0 Å². The van der Waals surface area contributed by atoms with E-state index in [4.69, 9.17) is 14.6 Å². The van der Waals surface area contributed by atoms with E-state index < -0.39 is 17.9 Å². The van der Waals surface area contributed by atoms with Crippen molar-refractivity contribution in [2.24, 2.45) is 0 Å². The normalized spacial score (nSPS) is 13.4. The van der Waals surface area contributed by atoms with E-state index in [0.717, 1.165) is 11.6 Å². The van der Waals surface area contributed by atoms with Crippen LogP contribution in [0.1, 0.15) is 21.5 Å². The van der Waals surface area contributed by atoms with E-state index in [-0.39, 0.29) is 37.6 Å². The van der Waals surface area contributed by atoms with Gasteiger partial charge in [0.1, 0.15) is 13.2 Å². The maximum Gasteiger partial charge on any atom is 0.410 e. The van der Waals surface area contributed by atoms with Gasteiger partial charge in [-0.3, -0.25) is 0 Å². The maximum atomic E-state index is 14.0. The average molecular weight is 345 g/mol. The molecule has 0 atom stereocenters.